The highest BCUT2D eigenvalue weighted by Crippen LogP contribution is 2.09. The molecule has 8 nitrogen and oxygen atoms in total. The molecule has 0 aromatic carbocycles. The van der Waals surface area contributed by atoms with Crippen molar-refractivity contribution < 1.29 is 4.79 Å². The monoisotopic (exact) mass is 269 g/mol. The van der Waals surface area contributed by atoms with Crippen LogP contribution in [0, 0.1) is 0 Å². The first-order valence-corrected chi connectivity index (χ1v) is 6.08. The molecule has 0 fully saturated rings. The second kappa shape index (κ2) is 6.62. The van der Waals surface area contributed by atoms with Crippen molar-refractivity contribution in [2.24, 2.45) is 0 Å². The fourth-order valence-electron chi connectivity index (χ4n) is 1.63. The van der Waals surface area contributed by atoms with Crippen LogP contribution in [0.25, 0.3) is 0 Å². The van der Waals surface area contributed by atoms with E-state index >= 15 is 0 Å². The Balaban J connectivity index is 2.88. The number of amides is 1. The van der Waals surface area contributed by atoms with Gasteiger partial charge >= 0.3 is 5.69 Å². The van der Waals surface area contributed by atoms with E-state index in [4.69, 9.17) is 5.73 Å². The zero-order valence-electron chi connectivity index (χ0n) is 11.1. The highest BCUT2D eigenvalue weighted by molar-refractivity contribution is 5.72. The Morgan fingerprint density at radius 2 is 2.05 bits per heavy atom. The highest BCUT2D eigenvalue weighted by atomic mass is 16.2. The molecule has 0 atom stereocenters. The summed E-state index contributed by atoms with van der Waals surface area (Å²) in [4.78, 5) is 36.1. The number of nitrogens with zero attached hydrogens (tertiary/aromatic N) is 1. The molecule has 8 heteroatoms. The van der Waals surface area contributed by atoms with Crippen molar-refractivity contribution in [3.63, 3.8) is 0 Å². The molecule has 0 aliphatic carbocycles. The third kappa shape index (κ3) is 3.87. The lowest BCUT2D eigenvalue weighted by atomic mass is 10.4. The maximum Gasteiger partial charge on any atom is 0.330 e. The van der Waals surface area contributed by atoms with Gasteiger partial charge in [-0.2, -0.15) is 0 Å². The molecule has 1 amide bonds. The summed E-state index contributed by atoms with van der Waals surface area (Å²) in [5.74, 6) is -0.0435. The highest BCUT2D eigenvalue weighted by Gasteiger charge is 2.10. The summed E-state index contributed by atoms with van der Waals surface area (Å²) < 4.78 is 1.31. The first-order chi connectivity index (χ1) is 8.97. The van der Waals surface area contributed by atoms with Crippen molar-refractivity contribution in [2.45, 2.75) is 26.8 Å². The number of anilines is 2. The fourth-order valence-corrected chi connectivity index (χ4v) is 1.63. The zero-order chi connectivity index (χ0) is 14.4. The lowest BCUT2D eigenvalue weighted by Crippen LogP contribution is -2.35. The van der Waals surface area contributed by atoms with Crippen LogP contribution >= 0.6 is 0 Å². The maximum absolute atomic E-state index is 11.6. The molecule has 1 aromatic rings. The van der Waals surface area contributed by atoms with Crippen molar-refractivity contribution in [1.29, 1.82) is 0 Å². The number of nitrogens with two attached hydrogens (primary N) is 1. The molecule has 0 aliphatic rings. The molecular formula is C11H19N5O3. The van der Waals surface area contributed by atoms with Crippen LogP contribution in [0.3, 0.4) is 0 Å². The molecule has 0 aliphatic heterocycles. The summed E-state index contributed by atoms with van der Waals surface area (Å²) in [7, 11) is 0. The first kappa shape index (κ1) is 14.8. The van der Waals surface area contributed by atoms with Crippen LogP contribution in [0.4, 0.5) is 11.5 Å². The SMILES string of the molecule is CCCn1c(N)c(NCCNC(C)=O)c(=O)[nH]c1=O. The van der Waals surface area contributed by atoms with Crippen LogP contribution in [-0.2, 0) is 11.3 Å². The standard InChI is InChI=1S/C11H19N5O3/c1-3-6-16-9(12)8(10(18)15-11(16)19)14-5-4-13-7(2)17/h14H,3-6,12H2,1-2H3,(H,13,17)(H,15,18,19). The van der Waals surface area contributed by atoms with Crippen molar-refractivity contribution in [3.05, 3.63) is 20.8 Å². The number of rotatable bonds is 6. The summed E-state index contributed by atoms with van der Waals surface area (Å²) in [6, 6.07) is 0. The molecule has 0 saturated heterocycles. The van der Waals surface area contributed by atoms with Crippen LogP contribution in [0.2, 0.25) is 0 Å². The van der Waals surface area contributed by atoms with E-state index in [9.17, 15) is 14.4 Å². The molecule has 1 aromatic heterocycles. The smallest absolute Gasteiger partial charge is 0.330 e. The van der Waals surface area contributed by atoms with Gasteiger partial charge in [0, 0.05) is 26.6 Å². The van der Waals surface area contributed by atoms with Crippen LogP contribution < -0.4 is 27.6 Å². The topological polar surface area (TPSA) is 122 Å². The molecule has 5 N–H and O–H groups in total. The second-order valence-electron chi connectivity index (χ2n) is 4.08. The van der Waals surface area contributed by atoms with Gasteiger partial charge in [0.2, 0.25) is 5.91 Å². The van der Waals surface area contributed by atoms with E-state index in [1.54, 1.807) is 0 Å². The summed E-state index contributed by atoms with van der Waals surface area (Å²) in [5.41, 5.74) is 4.88. The van der Waals surface area contributed by atoms with Gasteiger partial charge in [0.1, 0.15) is 11.5 Å². The second-order valence-corrected chi connectivity index (χ2v) is 4.08. The van der Waals surface area contributed by atoms with E-state index in [-0.39, 0.29) is 17.4 Å². The van der Waals surface area contributed by atoms with E-state index in [2.05, 4.69) is 15.6 Å². The minimum atomic E-state index is -0.558. The molecule has 0 bridgehead atoms. The number of carbonyl (C=O) groups excluding carboxylic acids is 1. The van der Waals surface area contributed by atoms with Gasteiger partial charge in [-0.15, -0.1) is 0 Å². The lowest BCUT2D eigenvalue weighted by molar-refractivity contribution is -0.118. The molecule has 1 rings (SSSR count). The number of carbonyl (C=O) groups is 1. The summed E-state index contributed by atoms with van der Waals surface area (Å²) in [6.45, 7) is 4.45. The van der Waals surface area contributed by atoms with Crippen molar-refractivity contribution in [3.8, 4) is 0 Å². The average Bonchev–Trinajstić information content (AvgIpc) is 2.33. The van der Waals surface area contributed by atoms with Crippen molar-refractivity contribution >= 4 is 17.4 Å². The minimum Gasteiger partial charge on any atom is -0.383 e. The van der Waals surface area contributed by atoms with Gasteiger partial charge in [-0.25, -0.2) is 4.79 Å². The Bertz CT molecular complexity index is 560. The van der Waals surface area contributed by atoms with E-state index in [1.807, 2.05) is 6.92 Å². The van der Waals surface area contributed by atoms with Gasteiger partial charge in [0.15, 0.2) is 0 Å². The molecule has 19 heavy (non-hydrogen) atoms. The first-order valence-electron chi connectivity index (χ1n) is 6.08. The van der Waals surface area contributed by atoms with Crippen LogP contribution in [0.15, 0.2) is 9.59 Å². The fraction of sp³-hybridized carbons (Fsp3) is 0.545. The predicted octanol–water partition coefficient (Wildman–Crippen LogP) is -0.923. The number of hydrogen-bond donors (Lipinski definition) is 4. The number of aromatic amines is 1. The molecule has 0 unspecified atom stereocenters. The minimum absolute atomic E-state index is 0.110. The van der Waals surface area contributed by atoms with Gasteiger partial charge in [-0.1, -0.05) is 6.92 Å². The molecule has 0 radical (unpaired) electrons. The number of hydrogen-bond acceptors (Lipinski definition) is 5. The van der Waals surface area contributed by atoms with Gasteiger partial charge in [0.05, 0.1) is 0 Å². The predicted molar refractivity (Wildman–Crippen MR) is 73.2 cm³/mol. The maximum atomic E-state index is 11.6. The summed E-state index contributed by atoms with van der Waals surface area (Å²) in [6.07, 6.45) is 0.724. The normalized spacial score (nSPS) is 10.2. The van der Waals surface area contributed by atoms with Crippen LogP contribution in [0.1, 0.15) is 20.3 Å². The Kier molecular flexibility index (Phi) is 5.16. The lowest BCUT2D eigenvalue weighted by Gasteiger charge is -2.13. The van der Waals surface area contributed by atoms with Crippen LogP contribution in [0.5, 0.6) is 0 Å². The van der Waals surface area contributed by atoms with Gasteiger partial charge in [-0.05, 0) is 6.42 Å². The molecule has 106 valence electrons. The average molecular weight is 269 g/mol. The van der Waals surface area contributed by atoms with Gasteiger partial charge in [0.25, 0.3) is 5.56 Å². The summed E-state index contributed by atoms with van der Waals surface area (Å²) in [5, 5.41) is 5.40. The van der Waals surface area contributed by atoms with Crippen molar-refractivity contribution in [1.82, 2.24) is 14.9 Å². The number of nitrogen functional groups attached to an aromatic ring is 1. The van der Waals surface area contributed by atoms with Crippen LogP contribution in [-0.4, -0.2) is 28.5 Å². The third-order valence-electron chi connectivity index (χ3n) is 2.49. The molecular weight excluding hydrogens is 250 g/mol. The Hall–Kier alpha value is -2.25. The number of aromatic nitrogens is 2. The Morgan fingerprint density at radius 1 is 1.37 bits per heavy atom. The van der Waals surface area contributed by atoms with E-state index < -0.39 is 11.2 Å². The van der Waals surface area contributed by atoms with Crippen molar-refractivity contribution in [2.75, 3.05) is 24.1 Å². The quantitative estimate of drug-likeness (QED) is 0.497. The molecule has 0 spiro atoms. The summed E-state index contributed by atoms with van der Waals surface area (Å²) >= 11 is 0. The number of H-pyrrole nitrogens is 1. The van der Waals surface area contributed by atoms with E-state index in [0.29, 0.717) is 19.6 Å². The van der Waals surface area contributed by atoms with Gasteiger partial charge < -0.3 is 16.4 Å². The Labute approximate surface area is 110 Å². The molecule has 0 saturated carbocycles. The number of nitrogens with one attached hydrogen (secondary N) is 3. The third-order valence-corrected chi connectivity index (χ3v) is 2.49. The van der Waals surface area contributed by atoms with E-state index in [0.717, 1.165) is 6.42 Å². The zero-order valence-corrected chi connectivity index (χ0v) is 11.1. The largest absolute Gasteiger partial charge is 0.383 e. The van der Waals surface area contributed by atoms with E-state index in [1.165, 1.54) is 11.5 Å². The molecule has 1 heterocycles. The van der Waals surface area contributed by atoms with Gasteiger partial charge in [-0.3, -0.25) is 19.1 Å². The Morgan fingerprint density at radius 3 is 2.63 bits per heavy atom.